The number of phosphoric ester groups is 2. The molecule has 0 aromatic carbocycles. The van der Waals surface area contributed by atoms with Gasteiger partial charge in [0, 0.05) is 25.7 Å². The highest BCUT2D eigenvalue weighted by Crippen LogP contribution is 2.45. The van der Waals surface area contributed by atoms with Crippen molar-refractivity contribution in [2.24, 2.45) is 23.7 Å². The number of rotatable bonds is 65. The monoisotopic (exact) mass is 1280 g/mol. The Morgan fingerprint density at radius 1 is 0.287 bits per heavy atom. The minimum atomic E-state index is -4.95. The van der Waals surface area contributed by atoms with E-state index in [0.717, 1.165) is 114 Å². The van der Waals surface area contributed by atoms with Crippen LogP contribution in [0.5, 0.6) is 0 Å². The molecule has 0 heterocycles. The summed E-state index contributed by atoms with van der Waals surface area (Å²) in [6.07, 6.45) is 39.0. The number of hydrogen-bond acceptors (Lipinski definition) is 15. The molecule has 0 radical (unpaired) electrons. The van der Waals surface area contributed by atoms with Gasteiger partial charge in [0.25, 0.3) is 0 Å². The standard InChI is InChI=1S/C68H132O17P2/c1-58(2)44-36-28-20-13-9-10-16-25-34-42-50-67(72)84-63(54-78-65(70)48-40-32-24-17-11-14-21-29-37-45-59(3)4)56-82-86(74,75)80-52-62(69)53-81-87(76,77)83-57-64(55-79-66(71)49-41-33-27-19-23-31-39-47-61(7)8)85-68(73)51-43-35-26-18-12-15-22-30-38-46-60(5)6/h58-64,69H,9-57H2,1-8H3,(H,74,75)(H,76,77)/t62?,63-,64-/m1/s1. The summed E-state index contributed by atoms with van der Waals surface area (Å²) < 4.78 is 68.2. The van der Waals surface area contributed by atoms with Crippen LogP contribution < -0.4 is 0 Å². The minimum Gasteiger partial charge on any atom is -0.462 e. The Balaban J connectivity index is 5.26. The molecule has 0 spiro atoms. The van der Waals surface area contributed by atoms with Gasteiger partial charge in [-0.2, -0.15) is 0 Å². The van der Waals surface area contributed by atoms with Crippen LogP contribution in [0.15, 0.2) is 0 Å². The largest absolute Gasteiger partial charge is 0.472 e. The number of aliphatic hydroxyl groups is 1. The van der Waals surface area contributed by atoms with Gasteiger partial charge < -0.3 is 33.8 Å². The van der Waals surface area contributed by atoms with Gasteiger partial charge in [0.15, 0.2) is 12.2 Å². The Morgan fingerprint density at radius 2 is 0.483 bits per heavy atom. The van der Waals surface area contributed by atoms with Crippen LogP contribution in [0, 0.1) is 23.7 Å². The number of carbonyl (C=O) groups excluding carboxylic acids is 4. The first-order valence-electron chi connectivity index (χ1n) is 35.2. The van der Waals surface area contributed by atoms with E-state index < -0.39 is 97.5 Å². The molecule has 0 aliphatic carbocycles. The number of phosphoric acid groups is 2. The maximum absolute atomic E-state index is 13.0. The van der Waals surface area contributed by atoms with Crippen molar-refractivity contribution in [2.75, 3.05) is 39.6 Å². The van der Waals surface area contributed by atoms with Gasteiger partial charge in [-0.25, -0.2) is 9.13 Å². The molecule has 0 saturated heterocycles. The summed E-state index contributed by atoms with van der Waals surface area (Å²) in [5.41, 5.74) is 0. The number of hydrogen-bond donors (Lipinski definition) is 3. The van der Waals surface area contributed by atoms with Crippen molar-refractivity contribution in [1.29, 1.82) is 0 Å². The van der Waals surface area contributed by atoms with Crippen LogP contribution in [-0.2, 0) is 65.4 Å². The van der Waals surface area contributed by atoms with Crippen molar-refractivity contribution in [1.82, 2.24) is 0 Å². The zero-order valence-electron chi connectivity index (χ0n) is 56.6. The highest BCUT2D eigenvalue weighted by Gasteiger charge is 2.30. The molecule has 0 aromatic rings. The second-order valence-electron chi connectivity index (χ2n) is 26.5. The van der Waals surface area contributed by atoms with E-state index in [1.807, 2.05) is 0 Å². The molecular weight excluding hydrogens is 1150 g/mol. The third kappa shape index (κ3) is 62.6. The van der Waals surface area contributed by atoms with Gasteiger partial charge in [0.2, 0.25) is 0 Å². The van der Waals surface area contributed by atoms with E-state index in [9.17, 15) is 43.2 Å². The normalized spacial score (nSPS) is 14.3. The van der Waals surface area contributed by atoms with Crippen molar-refractivity contribution in [3.8, 4) is 0 Å². The summed E-state index contributed by atoms with van der Waals surface area (Å²) >= 11 is 0. The molecule has 0 aromatic heterocycles. The van der Waals surface area contributed by atoms with Crippen LogP contribution >= 0.6 is 15.6 Å². The van der Waals surface area contributed by atoms with Crippen molar-refractivity contribution in [3.05, 3.63) is 0 Å². The van der Waals surface area contributed by atoms with Gasteiger partial charge in [0.1, 0.15) is 19.3 Å². The van der Waals surface area contributed by atoms with Crippen LogP contribution in [0.3, 0.4) is 0 Å². The summed E-state index contributed by atoms with van der Waals surface area (Å²) in [7, 11) is -9.90. The molecule has 516 valence electrons. The summed E-state index contributed by atoms with van der Waals surface area (Å²) in [5.74, 6) is 0.804. The van der Waals surface area contributed by atoms with Crippen molar-refractivity contribution in [3.63, 3.8) is 0 Å². The van der Waals surface area contributed by atoms with E-state index in [2.05, 4.69) is 55.4 Å². The highest BCUT2D eigenvalue weighted by molar-refractivity contribution is 7.47. The fraction of sp³-hybridized carbons (Fsp3) is 0.941. The number of esters is 4. The summed E-state index contributed by atoms with van der Waals surface area (Å²) in [4.78, 5) is 72.4. The van der Waals surface area contributed by atoms with Crippen LogP contribution in [0.25, 0.3) is 0 Å². The third-order valence-corrected chi connectivity index (χ3v) is 17.5. The molecule has 19 heteroatoms. The Bertz CT molecular complexity index is 1730. The number of carbonyl (C=O) groups is 4. The number of aliphatic hydroxyl groups excluding tert-OH is 1. The van der Waals surface area contributed by atoms with Gasteiger partial charge in [-0.1, -0.05) is 280 Å². The van der Waals surface area contributed by atoms with E-state index in [4.69, 9.17) is 37.0 Å². The van der Waals surface area contributed by atoms with Crippen molar-refractivity contribution in [2.45, 2.75) is 350 Å². The molecule has 17 nitrogen and oxygen atoms in total. The van der Waals surface area contributed by atoms with Gasteiger partial charge in [-0.15, -0.1) is 0 Å². The molecule has 5 atom stereocenters. The molecule has 0 bridgehead atoms. The lowest BCUT2D eigenvalue weighted by Gasteiger charge is -2.21. The lowest BCUT2D eigenvalue weighted by Crippen LogP contribution is -2.30. The van der Waals surface area contributed by atoms with E-state index >= 15 is 0 Å². The first-order chi connectivity index (χ1) is 41.6. The maximum atomic E-state index is 13.0. The second-order valence-corrected chi connectivity index (χ2v) is 29.4. The smallest absolute Gasteiger partial charge is 0.462 e. The lowest BCUT2D eigenvalue weighted by atomic mass is 10.0. The van der Waals surface area contributed by atoms with E-state index in [1.165, 1.54) is 128 Å². The average Bonchev–Trinajstić information content (AvgIpc) is 3.68. The van der Waals surface area contributed by atoms with Gasteiger partial charge in [-0.05, 0) is 49.4 Å². The SMILES string of the molecule is CC(C)CCCCCCCCCCCCC(=O)O[C@H](COC(=O)CCCCCCCCCCCC(C)C)COP(=O)(O)OCC(O)COP(=O)(O)OC[C@@H](COC(=O)CCCCCCCCCC(C)C)OC(=O)CCCCCCCCCCCC(C)C. The molecule has 3 unspecified atom stereocenters. The molecule has 0 rings (SSSR count). The quantitative estimate of drug-likeness (QED) is 0.0222. The van der Waals surface area contributed by atoms with Gasteiger partial charge in [0.05, 0.1) is 26.4 Å². The molecule has 0 amide bonds. The van der Waals surface area contributed by atoms with Crippen LogP contribution in [0.2, 0.25) is 0 Å². The molecule has 0 fully saturated rings. The molecule has 0 saturated carbocycles. The summed E-state index contributed by atoms with van der Waals surface area (Å²) in [6, 6.07) is 0. The van der Waals surface area contributed by atoms with Crippen LogP contribution in [-0.4, -0.2) is 96.7 Å². The maximum Gasteiger partial charge on any atom is 0.472 e. The zero-order chi connectivity index (χ0) is 64.7. The fourth-order valence-electron chi connectivity index (χ4n) is 10.1. The van der Waals surface area contributed by atoms with Gasteiger partial charge >= 0.3 is 39.5 Å². The second kappa shape index (κ2) is 57.9. The molecule has 87 heavy (non-hydrogen) atoms. The van der Waals surface area contributed by atoms with Crippen LogP contribution in [0.1, 0.15) is 331 Å². The van der Waals surface area contributed by atoms with Gasteiger partial charge in [-0.3, -0.25) is 37.3 Å². The zero-order valence-corrected chi connectivity index (χ0v) is 58.4. The molecule has 0 aliphatic heterocycles. The first-order valence-corrected chi connectivity index (χ1v) is 38.2. The molecule has 3 N–H and O–H groups in total. The lowest BCUT2D eigenvalue weighted by molar-refractivity contribution is -0.161. The van der Waals surface area contributed by atoms with Crippen LogP contribution in [0.4, 0.5) is 0 Å². The summed E-state index contributed by atoms with van der Waals surface area (Å²) in [6.45, 7) is 14.0. The third-order valence-electron chi connectivity index (χ3n) is 15.6. The number of unbranched alkanes of at least 4 members (excludes halogenated alkanes) is 31. The Kier molecular flexibility index (Phi) is 56.6. The Hall–Kier alpha value is -1.94. The first kappa shape index (κ1) is 85.1. The Morgan fingerprint density at radius 3 is 0.713 bits per heavy atom. The van der Waals surface area contributed by atoms with Crippen molar-refractivity contribution < 1.29 is 80.2 Å². The van der Waals surface area contributed by atoms with E-state index in [0.29, 0.717) is 31.6 Å². The van der Waals surface area contributed by atoms with E-state index in [-0.39, 0.29) is 25.7 Å². The van der Waals surface area contributed by atoms with E-state index in [1.54, 1.807) is 0 Å². The highest BCUT2D eigenvalue weighted by atomic mass is 31.2. The Labute approximate surface area is 530 Å². The topological polar surface area (TPSA) is 237 Å². The summed E-state index contributed by atoms with van der Waals surface area (Å²) in [5, 5.41) is 10.6. The minimum absolute atomic E-state index is 0.104. The predicted octanol–water partition coefficient (Wildman–Crippen LogP) is 18.9. The predicted molar refractivity (Wildman–Crippen MR) is 349 cm³/mol. The molecular formula is C68H132O17P2. The van der Waals surface area contributed by atoms with Crippen molar-refractivity contribution >= 4 is 39.5 Å². The fourth-order valence-corrected chi connectivity index (χ4v) is 11.7. The average molecular weight is 1280 g/mol. The number of ether oxygens (including phenoxy) is 4. The molecule has 0 aliphatic rings.